The molecule has 56 valence electrons. The molecule has 0 aromatic heterocycles. The molecule has 3 N–H and O–H groups in total. The maximum absolute atomic E-state index is 10.7. The molecule has 0 aliphatic carbocycles. The fourth-order valence-electron chi connectivity index (χ4n) is 1.02. The minimum Gasteiger partial charge on any atom is -0.368 e. The zero-order valence-electron chi connectivity index (χ0n) is 5.59. The zero-order chi connectivity index (χ0) is 7.56. The lowest BCUT2D eigenvalue weighted by molar-refractivity contribution is -0.129. The van der Waals surface area contributed by atoms with Gasteiger partial charge >= 0.3 is 0 Å². The van der Waals surface area contributed by atoms with Crippen LogP contribution in [0.5, 0.6) is 0 Å². The van der Waals surface area contributed by atoms with Crippen LogP contribution in [0.2, 0.25) is 0 Å². The summed E-state index contributed by atoms with van der Waals surface area (Å²) < 4.78 is 0. The highest BCUT2D eigenvalue weighted by molar-refractivity contribution is 5.87. The fourth-order valence-corrected chi connectivity index (χ4v) is 1.02. The molecular formula is C6H10N2O2. The smallest absolute Gasteiger partial charge is 0.239 e. The van der Waals surface area contributed by atoms with E-state index >= 15 is 0 Å². The highest BCUT2D eigenvalue weighted by Crippen LogP contribution is 2.06. The van der Waals surface area contributed by atoms with Gasteiger partial charge < -0.3 is 11.1 Å². The molecule has 0 bridgehead atoms. The normalized spacial score (nSPS) is 25.6. The highest BCUT2D eigenvalue weighted by atomic mass is 16.2. The number of nitrogens with two attached hydrogens (primary N) is 1. The van der Waals surface area contributed by atoms with Crippen molar-refractivity contribution >= 4 is 11.8 Å². The van der Waals surface area contributed by atoms with Crippen LogP contribution in [0.1, 0.15) is 19.3 Å². The molecule has 1 heterocycles. The van der Waals surface area contributed by atoms with E-state index in [4.69, 9.17) is 5.73 Å². The number of nitrogens with one attached hydrogen (secondary N) is 1. The Kier molecular flexibility index (Phi) is 1.89. The van der Waals surface area contributed by atoms with Crippen LogP contribution in [-0.4, -0.2) is 17.9 Å². The summed E-state index contributed by atoms with van der Waals surface area (Å²) in [6, 6.07) is -0.429. The van der Waals surface area contributed by atoms with Crippen molar-refractivity contribution in [2.75, 3.05) is 0 Å². The molecule has 1 aliphatic rings. The second-order valence-corrected chi connectivity index (χ2v) is 2.41. The van der Waals surface area contributed by atoms with E-state index in [1.165, 1.54) is 0 Å². The predicted octanol–water partition coefficient (Wildman–Crippen LogP) is -0.860. The molecule has 1 fully saturated rings. The average molecular weight is 142 g/mol. The maximum Gasteiger partial charge on any atom is 0.239 e. The maximum atomic E-state index is 10.7. The van der Waals surface area contributed by atoms with Crippen LogP contribution >= 0.6 is 0 Å². The molecule has 1 aliphatic heterocycles. The summed E-state index contributed by atoms with van der Waals surface area (Å²) in [6.45, 7) is 0. The molecule has 10 heavy (non-hydrogen) atoms. The Hall–Kier alpha value is -1.06. The number of carbonyl (C=O) groups excluding carboxylic acids is 2. The Morgan fingerprint density at radius 2 is 2.40 bits per heavy atom. The van der Waals surface area contributed by atoms with Crippen LogP contribution in [0.15, 0.2) is 0 Å². The Morgan fingerprint density at radius 1 is 1.70 bits per heavy atom. The minimum absolute atomic E-state index is 0.0740. The van der Waals surface area contributed by atoms with E-state index in [-0.39, 0.29) is 5.91 Å². The molecule has 1 atom stereocenters. The van der Waals surface area contributed by atoms with E-state index in [1.54, 1.807) is 0 Å². The van der Waals surface area contributed by atoms with E-state index in [2.05, 4.69) is 5.32 Å². The SMILES string of the molecule is NC(=O)[C@H]1CCCC(=O)N1. The first-order valence-corrected chi connectivity index (χ1v) is 3.29. The fraction of sp³-hybridized carbons (Fsp3) is 0.667. The van der Waals surface area contributed by atoms with Gasteiger partial charge in [0.2, 0.25) is 11.8 Å². The monoisotopic (exact) mass is 142 g/mol. The number of hydrogen-bond donors (Lipinski definition) is 2. The van der Waals surface area contributed by atoms with Crippen molar-refractivity contribution in [2.24, 2.45) is 5.73 Å². The Morgan fingerprint density at radius 3 is 2.80 bits per heavy atom. The van der Waals surface area contributed by atoms with Crippen molar-refractivity contribution in [3.05, 3.63) is 0 Å². The van der Waals surface area contributed by atoms with Crippen LogP contribution in [0.3, 0.4) is 0 Å². The lowest BCUT2D eigenvalue weighted by atomic mass is 10.0. The summed E-state index contributed by atoms with van der Waals surface area (Å²) in [5, 5.41) is 2.50. The van der Waals surface area contributed by atoms with Gasteiger partial charge in [0.25, 0.3) is 0 Å². The first kappa shape index (κ1) is 7.05. The van der Waals surface area contributed by atoms with E-state index in [0.29, 0.717) is 12.8 Å². The number of carbonyl (C=O) groups is 2. The summed E-state index contributed by atoms with van der Waals surface area (Å²) in [5.74, 6) is -0.511. The van der Waals surface area contributed by atoms with Crippen molar-refractivity contribution < 1.29 is 9.59 Å². The Labute approximate surface area is 58.8 Å². The first-order chi connectivity index (χ1) is 4.70. The summed E-state index contributed by atoms with van der Waals surface area (Å²) in [5.41, 5.74) is 4.98. The summed E-state index contributed by atoms with van der Waals surface area (Å²) in [6.07, 6.45) is 1.96. The molecule has 0 radical (unpaired) electrons. The molecule has 1 rings (SSSR count). The van der Waals surface area contributed by atoms with Crippen LogP contribution in [0.25, 0.3) is 0 Å². The summed E-state index contributed by atoms with van der Waals surface area (Å²) in [4.78, 5) is 21.2. The molecule has 1 saturated heterocycles. The molecule has 0 spiro atoms. The topological polar surface area (TPSA) is 72.2 Å². The van der Waals surface area contributed by atoms with E-state index in [1.807, 2.05) is 0 Å². The van der Waals surface area contributed by atoms with Gasteiger partial charge in [-0.05, 0) is 12.8 Å². The summed E-state index contributed by atoms with van der Waals surface area (Å²) in [7, 11) is 0. The van der Waals surface area contributed by atoms with E-state index in [0.717, 1.165) is 6.42 Å². The lowest BCUT2D eigenvalue weighted by Gasteiger charge is -2.19. The predicted molar refractivity (Wildman–Crippen MR) is 35.0 cm³/mol. The zero-order valence-corrected chi connectivity index (χ0v) is 5.59. The quantitative estimate of drug-likeness (QED) is 0.500. The van der Waals surface area contributed by atoms with Crippen LogP contribution in [-0.2, 0) is 9.59 Å². The lowest BCUT2D eigenvalue weighted by Crippen LogP contribution is -2.46. The van der Waals surface area contributed by atoms with Crippen molar-refractivity contribution in [3.8, 4) is 0 Å². The standard InChI is InChI=1S/C6H10N2O2/c7-6(10)4-2-1-3-5(9)8-4/h4H,1-3H2,(H2,7,10)(H,8,9)/t4-/m1/s1. The van der Waals surface area contributed by atoms with Gasteiger partial charge in [0.15, 0.2) is 0 Å². The van der Waals surface area contributed by atoms with Crippen molar-refractivity contribution in [2.45, 2.75) is 25.3 Å². The molecule has 4 heteroatoms. The average Bonchev–Trinajstić information content (AvgIpc) is 1.88. The number of amides is 2. The van der Waals surface area contributed by atoms with Crippen LogP contribution in [0.4, 0.5) is 0 Å². The molecule has 0 aromatic carbocycles. The van der Waals surface area contributed by atoms with Crippen molar-refractivity contribution in [3.63, 3.8) is 0 Å². The second kappa shape index (κ2) is 2.68. The van der Waals surface area contributed by atoms with Gasteiger partial charge in [-0.3, -0.25) is 9.59 Å². The number of primary amides is 1. The molecule has 0 saturated carbocycles. The third kappa shape index (κ3) is 1.46. The van der Waals surface area contributed by atoms with Crippen LogP contribution in [0, 0.1) is 0 Å². The van der Waals surface area contributed by atoms with Gasteiger partial charge in [-0.2, -0.15) is 0 Å². The van der Waals surface area contributed by atoms with E-state index < -0.39 is 11.9 Å². The minimum atomic E-state index is -0.437. The molecular weight excluding hydrogens is 132 g/mol. The first-order valence-electron chi connectivity index (χ1n) is 3.29. The van der Waals surface area contributed by atoms with E-state index in [9.17, 15) is 9.59 Å². The third-order valence-electron chi connectivity index (χ3n) is 1.58. The number of rotatable bonds is 1. The Bertz CT molecular complexity index is 165. The van der Waals surface area contributed by atoms with Gasteiger partial charge in [0.05, 0.1) is 0 Å². The van der Waals surface area contributed by atoms with Gasteiger partial charge in [-0.15, -0.1) is 0 Å². The van der Waals surface area contributed by atoms with Gasteiger partial charge in [-0.1, -0.05) is 0 Å². The van der Waals surface area contributed by atoms with Gasteiger partial charge in [0.1, 0.15) is 6.04 Å². The third-order valence-corrected chi connectivity index (χ3v) is 1.58. The van der Waals surface area contributed by atoms with Gasteiger partial charge in [-0.25, -0.2) is 0 Å². The number of hydrogen-bond acceptors (Lipinski definition) is 2. The highest BCUT2D eigenvalue weighted by Gasteiger charge is 2.21. The largest absolute Gasteiger partial charge is 0.368 e. The van der Waals surface area contributed by atoms with Gasteiger partial charge in [0, 0.05) is 6.42 Å². The van der Waals surface area contributed by atoms with Crippen molar-refractivity contribution in [1.82, 2.24) is 5.32 Å². The van der Waals surface area contributed by atoms with Crippen LogP contribution < -0.4 is 11.1 Å². The van der Waals surface area contributed by atoms with Crippen molar-refractivity contribution in [1.29, 1.82) is 0 Å². The molecule has 2 amide bonds. The Balaban J connectivity index is 2.47. The summed E-state index contributed by atoms with van der Waals surface area (Å²) >= 11 is 0. The molecule has 0 unspecified atom stereocenters. The second-order valence-electron chi connectivity index (χ2n) is 2.41. The molecule has 4 nitrogen and oxygen atoms in total. The number of piperidine rings is 1. The molecule has 0 aromatic rings.